The van der Waals surface area contributed by atoms with E-state index in [1.807, 2.05) is 6.92 Å². The summed E-state index contributed by atoms with van der Waals surface area (Å²) < 4.78 is 0. The Balaban J connectivity index is 2.46. The predicted octanol–water partition coefficient (Wildman–Crippen LogP) is 3.11. The number of ketones is 2. The van der Waals surface area contributed by atoms with Crippen molar-refractivity contribution in [1.29, 1.82) is 0 Å². The number of carbonyl (C=O) groups is 2. The van der Waals surface area contributed by atoms with E-state index in [0.29, 0.717) is 18.4 Å². The Hall–Kier alpha value is -2.36. The van der Waals surface area contributed by atoms with Gasteiger partial charge in [-0.25, -0.2) is 0 Å². The number of benzene rings is 1. The van der Waals surface area contributed by atoms with Gasteiger partial charge in [0, 0.05) is 5.57 Å². The second-order valence-electron chi connectivity index (χ2n) is 4.68. The molecule has 0 aliphatic heterocycles. The van der Waals surface area contributed by atoms with E-state index in [1.54, 1.807) is 30.3 Å². The molecule has 0 spiro atoms. The van der Waals surface area contributed by atoms with Gasteiger partial charge in [0.15, 0.2) is 11.5 Å². The minimum Gasteiger partial charge on any atom is -0.504 e. The third kappa shape index (κ3) is 2.37. The summed E-state index contributed by atoms with van der Waals surface area (Å²) in [6.45, 7) is 1.94. The fourth-order valence-electron chi connectivity index (χ4n) is 2.19. The van der Waals surface area contributed by atoms with Crippen molar-refractivity contribution in [3.63, 3.8) is 0 Å². The monoisotopic (exact) mass is 272 g/mol. The van der Waals surface area contributed by atoms with Crippen LogP contribution < -0.4 is 0 Å². The van der Waals surface area contributed by atoms with Crippen LogP contribution >= 0.6 is 0 Å². The Morgan fingerprint density at radius 1 is 0.950 bits per heavy atom. The second-order valence-corrected chi connectivity index (χ2v) is 4.68. The van der Waals surface area contributed by atoms with Gasteiger partial charge in [0.05, 0.1) is 5.57 Å². The Morgan fingerprint density at radius 3 is 2.20 bits per heavy atom. The maximum absolute atomic E-state index is 12.2. The number of carbonyl (C=O) groups excluding carboxylic acids is 2. The van der Waals surface area contributed by atoms with Crippen molar-refractivity contribution in [2.75, 3.05) is 0 Å². The quantitative estimate of drug-likeness (QED) is 0.826. The molecular weight excluding hydrogens is 256 g/mol. The second kappa shape index (κ2) is 5.74. The number of hydrogen-bond acceptors (Lipinski definition) is 4. The van der Waals surface area contributed by atoms with Crippen molar-refractivity contribution in [3.8, 4) is 0 Å². The molecule has 0 heterocycles. The SMILES string of the molecule is CCCCC1=C(O)C(=O)C(c2ccccc2)=C(O)C1=O. The Kier molecular flexibility index (Phi) is 4.03. The van der Waals surface area contributed by atoms with Gasteiger partial charge in [-0.05, 0) is 18.4 Å². The van der Waals surface area contributed by atoms with Crippen LogP contribution in [0.5, 0.6) is 0 Å². The van der Waals surface area contributed by atoms with Gasteiger partial charge in [-0.1, -0.05) is 43.7 Å². The highest BCUT2D eigenvalue weighted by molar-refractivity contribution is 6.37. The zero-order chi connectivity index (χ0) is 14.7. The van der Waals surface area contributed by atoms with Gasteiger partial charge in [0.2, 0.25) is 11.6 Å². The van der Waals surface area contributed by atoms with Crippen LogP contribution in [-0.4, -0.2) is 21.8 Å². The summed E-state index contributed by atoms with van der Waals surface area (Å²) in [5.41, 5.74) is 0.298. The van der Waals surface area contributed by atoms with Gasteiger partial charge >= 0.3 is 0 Å². The molecule has 1 aromatic rings. The van der Waals surface area contributed by atoms with E-state index in [1.165, 1.54) is 0 Å². The van der Waals surface area contributed by atoms with E-state index in [9.17, 15) is 19.8 Å². The number of aliphatic hydroxyl groups is 2. The number of hydrogen-bond donors (Lipinski definition) is 2. The topological polar surface area (TPSA) is 74.6 Å². The fraction of sp³-hybridized carbons (Fsp3) is 0.250. The number of aliphatic hydroxyl groups excluding tert-OH is 2. The first-order chi connectivity index (χ1) is 9.57. The van der Waals surface area contributed by atoms with Crippen LogP contribution in [0.3, 0.4) is 0 Å². The van der Waals surface area contributed by atoms with Crippen molar-refractivity contribution >= 4 is 17.1 Å². The van der Waals surface area contributed by atoms with Gasteiger partial charge in [0.25, 0.3) is 0 Å². The third-order valence-electron chi connectivity index (χ3n) is 3.30. The lowest BCUT2D eigenvalue weighted by atomic mass is 9.87. The number of allylic oxidation sites excluding steroid dienone is 2. The van der Waals surface area contributed by atoms with Gasteiger partial charge in [-0.3, -0.25) is 9.59 Å². The first-order valence-corrected chi connectivity index (χ1v) is 6.58. The lowest BCUT2D eigenvalue weighted by Gasteiger charge is -2.17. The first kappa shape index (κ1) is 14.1. The lowest BCUT2D eigenvalue weighted by Crippen LogP contribution is -2.23. The van der Waals surface area contributed by atoms with Gasteiger partial charge in [-0.15, -0.1) is 0 Å². The molecule has 0 atom stereocenters. The summed E-state index contributed by atoms with van der Waals surface area (Å²) in [6, 6.07) is 8.38. The summed E-state index contributed by atoms with van der Waals surface area (Å²) in [5, 5.41) is 20.0. The molecule has 104 valence electrons. The average molecular weight is 272 g/mol. The lowest BCUT2D eigenvalue weighted by molar-refractivity contribution is -0.118. The van der Waals surface area contributed by atoms with Crippen LogP contribution in [-0.2, 0) is 9.59 Å². The van der Waals surface area contributed by atoms with Crippen molar-refractivity contribution in [2.45, 2.75) is 26.2 Å². The molecule has 0 saturated heterocycles. The molecule has 0 aromatic heterocycles. The van der Waals surface area contributed by atoms with E-state index in [2.05, 4.69) is 0 Å². The van der Waals surface area contributed by atoms with Crippen LogP contribution in [0.4, 0.5) is 0 Å². The molecule has 1 aromatic carbocycles. The fourth-order valence-corrected chi connectivity index (χ4v) is 2.19. The van der Waals surface area contributed by atoms with E-state index >= 15 is 0 Å². The van der Waals surface area contributed by atoms with Crippen molar-refractivity contribution < 1.29 is 19.8 Å². The molecule has 0 amide bonds. The Bertz CT molecular complexity index is 609. The summed E-state index contributed by atoms with van der Waals surface area (Å²) in [7, 11) is 0. The number of rotatable bonds is 4. The molecule has 0 fully saturated rings. The molecule has 1 aliphatic rings. The number of unbranched alkanes of at least 4 members (excludes halogenated alkanes) is 1. The molecular formula is C16H16O4. The Morgan fingerprint density at radius 2 is 1.60 bits per heavy atom. The van der Waals surface area contributed by atoms with Crippen LogP contribution in [0.1, 0.15) is 31.7 Å². The Labute approximate surface area is 117 Å². The molecule has 2 rings (SSSR count). The smallest absolute Gasteiger partial charge is 0.232 e. The normalized spacial score (nSPS) is 16.1. The van der Waals surface area contributed by atoms with Gasteiger partial charge < -0.3 is 10.2 Å². The predicted molar refractivity (Wildman–Crippen MR) is 75.2 cm³/mol. The highest BCUT2D eigenvalue weighted by atomic mass is 16.3. The van der Waals surface area contributed by atoms with E-state index < -0.39 is 23.1 Å². The minimum absolute atomic E-state index is 0.00836. The van der Waals surface area contributed by atoms with Crippen LogP contribution in [0.25, 0.3) is 5.57 Å². The molecule has 4 heteroatoms. The van der Waals surface area contributed by atoms with Crippen LogP contribution in [0, 0.1) is 0 Å². The molecule has 1 aliphatic carbocycles. The molecule has 0 radical (unpaired) electrons. The van der Waals surface area contributed by atoms with Crippen molar-refractivity contribution in [1.82, 2.24) is 0 Å². The molecule has 2 N–H and O–H groups in total. The highest BCUT2D eigenvalue weighted by Crippen LogP contribution is 2.31. The molecule has 0 saturated carbocycles. The maximum atomic E-state index is 12.2. The van der Waals surface area contributed by atoms with Crippen molar-refractivity contribution in [2.24, 2.45) is 0 Å². The maximum Gasteiger partial charge on any atom is 0.232 e. The summed E-state index contributed by atoms with van der Waals surface area (Å²) in [4.78, 5) is 24.3. The van der Waals surface area contributed by atoms with Gasteiger partial charge in [0.1, 0.15) is 0 Å². The van der Waals surface area contributed by atoms with Crippen LogP contribution in [0.15, 0.2) is 47.4 Å². The standard InChI is InChI=1S/C16H16O4/c1-2-3-9-11-13(17)15(19)12(16(20)14(11)18)10-7-5-4-6-8-10/h4-8,17,20H,2-3,9H2,1H3. The zero-order valence-electron chi connectivity index (χ0n) is 11.2. The number of Topliss-reactive ketones (excluding diaryl/α,β-unsaturated/α-hetero) is 2. The van der Waals surface area contributed by atoms with E-state index in [-0.39, 0.29) is 11.1 Å². The largest absolute Gasteiger partial charge is 0.504 e. The van der Waals surface area contributed by atoms with Crippen molar-refractivity contribution in [3.05, 3.63) is 53.0 Å². The zero-order valence-corrected chi connectivity index (χ0v) is 11.2. The summed E-state index contributed by atoms with van der Waals surface area (Å²) in [5.74, 6) is -2.47. The molecule has 0 unspecified atom stereocenters. The highest BCUT2D eigenvalue weighted by Gasteiger charge is 2.34. The summed E-state index contributed by atoms with van der Waals surface area (Å²) >= 11 is 0. The third-order valence-corrected chi connectivity index (χ3v) is 3.30. The summed E-state index contributed by atoms with van der Waals surface area (Å²) in [6.07, 6.45) is 1.79. The molecule has 20 heavy (non-hydrogen) atoms. The van der Waals surface area contributed by atoms with Crippen LogP contribution in [0.2, 0.25) is 0 Å². The van der Waals surface area contributed by atoms with Gasteiger partial charge in [-0.2, -0.15) is 0 Å². The first-order valence-electron chi connectivity index (χ1n) is 6.58. The molecule has 0 bridgehead atoms. The molecule has 4 nitrogen and oxygen atoms in total. The average Bonchev–Trinajstić information content (AvgIpc) is 2.47. The minimum atomic E-state index is -0.695. The van der Waals surface area contributed by atoms with E-state index in [0.717, 1.165) is 6.42 Å². The van der Waals surface area contributed by atoms with E-state index in [4.69, 9.17) is 0 Å².